The molecule has 1 amide bonds. The summed E-state index contributed by atoms with van der Waals surface area (Å²) in [6.07, 6.45) is 2.14. The van der Waals surface area contributed by atoms with E-state index in [1.807, 2.05) is 0 Å². The monoisotopic (exact) mass is 267 g/mol. The van der Waals surface area contributed by atoms with E-state index in [1.54, 1.807) is 27.7 Å². The molecule has 0 aliphatic carbocycles. The maximum absolute atomic E-state index is 11.6. The number of carboxylic acid groups (broad SMARTS) is 1. The van der Waals surface area contributed by atoms with E-state index in [1.165, 1.54) is 12.2 Å². The highest BCUT2D eigenvalue weighted by Gasteiger charge is 2.27. The van der Waals surface area contributed by atoms with Crippen molar-refractivity contribution in [1.29, 1.82) is 0 Å². The Morgan fingerprint density at radius 3 is 2.21 bits per heavy atom. The van der Waals surface area contributed by atoms with Gasteiger partial charge in [-0.3, -0.25) is 0 Å². The van der Waals surface area contributed by atoms with Crippen molar-refractivity contribution in [2.24, 2.45) is 0 Å². The highest BCUT2D eigenvalue weighted by Crippen LogP contribution is 2.14. The van der Waals surface area contributed by atoms with Crippen molar-refractivity contribution in [3.05, 3.63) is 36.5 Å². The Morgan fingerprint density at radius 2 is 1.89 bits per heavy atom. The molecule has 0 spiro atoms. The molecule has 0 fully saturated rings. The minimum Gasteiger partial charge on any atom is -0.479 e. The minimum absolute atomic E-state index is 0.369. The third kappa shape index (κ3) is 6.45. The van der Waals surface area contributed by atoms with E-state index < -0.39 is 23.7 Å². The average molecular weight is 267 g/mol. The Labute approximate surface area is 113 Å². The van der Waals surface area contributed by atoms with E-state index in [9.17, 15) is 14.7 Å². The van der Waals surface area contributed by atoms with Crippen LogP contribution in [0.3, 0.4) is 0 Å². The fourth-order valence-electron chi connectivity index (χ4n) is 1.31. The zero-order valence-electron chi connectivity index (χ0n) is 11.8. The molecular weight excluding hydrogens is 246 g/mol. The van der Waals surface area contributed by atoms with Gasteiger partial charge in [-0.2, -0.15) is 0 Å². The molecule has 106 valence electrons. The van der Waals surface area contributed by atoms with Gasteiger partial charge in [0, 0.05) is 0 Å². The highest BCUT2D eigenvalue weighted by atomic mass is 16.6. The lowest BCUT2D eigenvalue weighted by molar-refractivity contribution is -0.138. The Hall–Kier alpha value is -2.04. The number of amides is 1. The summed E-state index contributed by atoms with van der Waals surface area (Å²) in [5.74, 6) is -1.19. The SMILES string of the molecule is C=C/C=C(\C(=C)C)C(NC(=O)OC(C)(C)C)C(=O)O. The topological polar surface area (TPSA) is 75.6 Å². The van der Waals surface area contributed by atoms with Crippen LogP contribution in [0.4, 0.5) is 4.79 Å². The van der Waals surface area contributed by atoms with Crippen LogP contribution in [-0.2, 0) is 9.53 Å². The number of ether oxygens (including phenoxy) is 1. The van der Waals surface area contributed by atoms with Gasteiger partial charge in [0.05, 0.1) is 0 Å². The number of aliphatic carboxylic acids is 1. The zero-order valence-corrected chi connectivity index (χ0v) is 11.8. The third-order valence-corrected chi connectivity index (χ3v) is 2.01. The van der Waals surface area contributed by atoms with Gasteiger partial charge in [-0.1, -0.05) is 30.9 Å². The van der Waals surface area contributed by atoms with Crippen molar-refractivity contribution in [2.75, 3.05) is 0 Å². The summed E-state index contributed by atoms with van der Waals surface area (Å²) in [5.41, 5.74) is 0.204. The molecule has 0 aliphatic rings. The zero-order chi connectivity index (χ0) is 15.2. The van der Waals surface area contributed by atoms with E-state index in [0.29, 0.717) is 11.1 Å². The standard InChI is InChI=1S/C14H21NO4/c1-7-8-10(9(2)3)11(12(16)17)15-13(18)19-14(4,5)6/h7-8,11H,1-2H2,3-6H3,(H,15,18)(H,16,17)/b10-8+. The second kappa shape index (κ2) is 6.78. The Kier molecular flexibility index (Phi) is 6.05. The van der Waals surface area contributed by atoms with E-state index in [2.05, 4.69) is 18.5 Å². The van der Waals surface area contributed by atoms with E-state index in [4.69, 9.17) is 4.74 Å². The molecule has 0 bridgehead atoms. The molecule has 0 aliphatic heterocycles. The molecule has 0 heterocycles. The van der Waals surface area contributed by atoms with Crippen molar-refractivity contribution in [2.45, 2.75) is 39.3 Å². The molecule has 1 atom stereocenters. The fourth-order valence-corrected chi connectivity index (χ4v) is 1.31. The van der Waals surface area contributed by atoms with Gasteiger partial charge >= 0.3 is 12.1 Å². The fraction of sp³-hybridized carbons (Fsp3) is 0.429. The summed E-state index contributed by atoms with van der Waals surface area (Å²) in [6.45, 7) is 13.9. The van der Waals surface area contributed by atoms with Gasteiger partial charge in [-0.15, -0.1) is 0 Å². The van der Waals surface area contributed by atoms with E-state index >= 15 is 0 Å². The van der Waals surface area contributed by atoms with Crippen molar-refractivity contribution in [3.8, 4) is 0 Å². The predicted octanol–water partition coefficient (Wildman–Crippen LogP) is 2.65. The maximum Gasteiger partial charge on any atom is 0.408 e. The lowest BCUT2D eigenvalue weighted by Gasteiger charge is -2.23. The largest absolute Gasteiger partial charge is 0.479 e. The van der Waals surface area contributed by atoms with Gasteiger partial charge in [-0.05, 0) is 33.3 Å². The molecule has 19 heavy (non-hydrogen) atoms. The third-order valence-electron chi connectivity index (χ3n) is 2.01. The van der Waals surface area contributed by atoms with Crippen LogP contribution >= 0.6 is 0 Å². The van der Waals surface area contributed by atoms with Gasteiger partial charge in [-0.25, -0.2) is 9.59 Å². The van der Waals surface area contributed by atoms with Crippen LogP contribution in [-0.4, -0.2) is 28.8 Å². The number of rotatable bonds is 5. The second-order valence-corrected chi connectivity index (χ2v) is 5.06. The summed E-state index contributed by atoms with van der Waals surface area (Å²) in [5, 5.41) is 11.5. The summed E-state index contributed by atoms with van der Waals surface area (Å²) in [6, 6.07) is -1.22. The lowest BCUT2D eigenvalue weighted by Crippen LogP contribution is -2.44. The maximum atomic E-state index is 11.6. The van der Waals surface area contributed by atoms with Crippen LogP contribution < -0.4 is 5.32 Å². The Morgan fingerprint density at radius 1 is 1.37 bits per heavy atom. The summed E-state index contributed by atoms with van der Waals surface area (Å²) in [7, 11) is 0. The van der Waals surface area contributed by atoms with Crippen LogP contribution in [0.15, 0.2) is 36.5 Å². The molecule has 0 aromatic rings. The van der Waals surface area contributed by atoms with Crippen LogP contribution in [0.25, 0.3) is 0 Å². The van der Waals surface area contributed by atoms with E-state index in [0.717, 1.165) is 0 Å². The van der Waals surface area contributed by atoms with Crippen molar-refractivity contribution < 1.29 is 19.4 Å². The van der Waals surface area contributed by atoms with Crippen molar-refractivity contribution in [3.63, 3.8) is 0 Å². The number of carbonyl (C=O) groups is 2. The quantitative estimate of drug-likeness (QED) is 0.751. The highest BCUT2D eigenvalue weighted by molar-refractivity contribution is 5.84. The molecule has 0 saturated heterocycles. The molecule has 0 saturated carbocycles. The second-order valence-electron chi connectivity index (χ2n) is 5.06. The first-order chi connectivity index (χ1) is 8.58. The smallest absolute Gasteiger partial charge is 0.408 e. The summed E-state index contributed by atoms with van der Waals surface area (Å²) in [4.78, 5) is 22.9. The van der Waals surface area contributed by atoms with Gasteiger partial charge in [0.2, 0.25) is 0 Å². The molecule has 1 unspecified atom stereocenters. The van der Waals surface area contributed by atoms with Crippen LogP contribution in [0.2, 0.25) is 0 Å². The van der Waals surface area contributed by atoms with Gasteiger partial charge < -0.3 is 15.2 Å². The molecule has 5 nitrogen and oxygen atoms in total. The number of hydrogen-bond donors (Lipinski definition) is 2. The van der Waals surface area contributed by atoms with Crippen LogP contribution in [0.5, 0.6) is 0 Å². The minimum atomic E-state index is -1.22. The van der Waals surface area contributed by atoms with Crippen LogP contribution in [0.1, 0.15) is 27.7 Å². The Bertz CT molecular complexity index is 416. The molecule has 0 aromatic carbocycles. The number of carboxylic acids is 1. The number of hydrogen-bond acceptors (Lipinski definition) is 3. The molecule has 0 rings (SSSR count). The molecule has 5 heteroatoms. The summed E-state index contributed by atoms with van der Waals surface area (Å²) >= 11 is 0. The number of allylic oxidation sites excluding steroid dienone is 2. The number of nitrogens with one attached hydrogen (secondary N) is 1. The number of alkyl carbamates (subject to hydrolysis) is 1. The summed E-state index contributed by atoms with van der Waals surface area (Å²) < 4.78 is 5.03. The molecule has 2 N–H and O–H groups in total. The first-order valence-corrected chi connectivity index (χ1v) is 5.79. The van der Waals surface area contributed by atoms with Crippen molar-refractivity contribution >= 4 is 12.1 Å². The van der Waals surface area contributed by atoms with Crippen LogP contribution in [0, 0.1) is 0 Å². The van der Waals surface area contributed by atoms with Gasteiger partial charge in [0.1, 0.15) is 5.60 Å². The average Bonchev–Trinajstić information content (AvgIpc) is 2.19. The Balaban J connectivity index is 5.09. The van der Waals surface area contributed by atoms with Crippen molar-refractivity contribution in [1.82, 2.24) is 5.32 Å². The lowest BCUT2D eigenvalue weighted by atomic mass is 10.0. The molecule has 0 aromatic heterocycles. The normalized spacial score (nSPS) is 13.4. The van der Waals surface area contributed by atoms with Gasteiger partial charge in [0.15, 0.2) is 6.04 Å². The first kappa shape index (κ1) is 17.0. The number of carbonyl (C=O) groups excluding carboxylic acids is 1. The molecule has 0 radical (unpaired) electrons. The predicted molar refractivity (Wildman–Crippen MR) is 73.9 cm³/mol. The first-order valence-electron chi connectivity index (χ1n) is 5.79. The van der Waals surface area contributed by atoms with Gasteiger partial charge in [0.25, 0.3) is 0 Å². The van der Waals surface area contributed by atoms with E-state index in [-0.39, 0.29) is 0 Å². The molecular formula is C14H21NO4.